The lowest BCUT2D eigenvalue weighted by atomic mass is 9.90. The molecule has 0 unspecified atom stereocenters. The van der Waals surface area contributed by atoms with Gasteiger partial charge in [-0.15, -0.1) is 0 Å². The van der Waals surface area contributed by atoms with E-state index in [0.717, 1.165) is 17.2 Å². The molecule has 0 saturated heterocycles. The Labute approximate surface area is 149 Å². The molecular formula is C19H19F3N2O2. The van der Waals surface area contributed by atoms with Crippen molar-refractivity contribution >= 4 is 17.5 Å². The van der Waals surface area contributed by atoms with Gasteiger partial charge in [-0.05, 0) is 38.5 Å². The first-order valence-corrected chi connectivity index (χ1v) is 7.91. The van der Waals surface area contributed by atoms with E-state index in [1.54, 1.807) is 0 Å². The number of nitrogens with one attached hydrogen (secondary N) is 2. The van der Waals surface area contributed by atoms with Crippen molar-refractivity contribution in [1.29, 1.82) is 0 Å². The largest absolute Gasteiger partial charge is 0.351 e. The van der Waals surface area contributed by atoms with Crippen molar-refractivity contribution < 1.29 is 22.8 Å². The zero-order chi connectivity index (χ0) is 19.5. The zero-order valence-electron chi connectivity index (χ0n) is 14.6. The Kier molecular flexibility index (Phi) is 5.69. The highest BCUT2D eigenvalue weighted by Gasteiger charge is 2.36. The first kappa shape index (κ1) is 19.5. The van der Waals surface area contributed by atoms with Gasteiger partial charge in [-0.1, -0.05) is 29.8 Å². The van der Waals surface area contributed by atoms with E-state index in [9.17, 15) is 22.8 Å². The molecule has 0 aliphatic rings. The van der Waals surface area contributed by atoms with Crippen LogP contribution in [-0.2, 0) is 16.1 Å². The highest BCUT2D eigenvalue weighted by molar-refractivity contribution is 6.09. The normalized spacial score (nSPS) is 11.2. The van der Waals surface area contributed by atoms with Crippen LogP contribution in [0.5, 0.6) is 0 Å². The number of anilines is 1. The maximum absolute atomic E-state index is 13.7. The summed E-state index contributed by atoms with van der Waals surface area (Å²) >= 11 is 0. The number of halogens is 3. The van der Waals surface area contributed by atoms with Gasteiger partial charge in [0.25, 0.3) is 0 Å². The van der Waals surface area contributed by atoms with Gasteiger partial charge >= 0.3 is 0 Å². The summed E-state index contributed by atoms with van der Waals surface area (Å²) in [7, 11) is 0. The lowest BCUT2D eigenvalue weighted by Gasteiger charge is -2.23. The van der Waals surface area contributed by atoms with Gasteiger partial charge in [0.2, 0.25) is 11.8 Å². The number of carbonyl (C=O) groups excluding carboxylic acids is 2. The fourth-order valence-corrected chi connectivity index (χ4v) is 2.23. The third-order valence-corrected chi connectivity index (χ3v) is 3.95. The van der Waals surface area contributed by atoms with Crippen LogP contribution in [-0.4, -0.2) is 11.8 Å². The number of amides is 2. The number of carbonyl (C=O) groups is 2. The van der Waals surface area contributed by atoms with Gasteiger partial charge in [0.05, 0.1) is 5.69 Å². The summed E-state index contributed by atoms with van der Waals surface area (Å²) in [6.45, 7) is 4.84. The van der Waals surface area contributed by atoms with E-state index in [2.05, 4.69) is 10.6 Å². The van der Waals surface area contributed by atoms with Crippen LogP contribution in [0.2, 0.25) is 0 Å². The Morgan fingerprint density at radius 3 is 2.35 bits per heavy atom. The van der Waals surface area contributed by atoms with Gasteiger partial charge in [0.15, 0.2) is 17.5 Å². The van der Waals surface area contributed by atoms with Crippen LogP contribution in [0.1, 0.15) is 25.0 Å². The van der Waals surface area contributed by atoms with Crippen molar-refractivity contribution in [2.24, 2.45) is 5.41 Å². The second-order valence-corrected chi connectivity index (χ2v) is 6.47. The zero-order valence-corrected chi connectivity index (χ0v) is 14.6. The standard InChI is InChI=1S/C19H19F3N2O2/c1-11-5-4-6-12(9-11)10-23-17(25)19(2,3)18(26)24-14-8-7-13(20)15(21)16(14)22/h4-9H,10H2,1-3H3,(H,23,25)(H,24,26). The SMILES string of the molecule is Cc1cccc(CNC(=O)C(C)(C)C(=O)Nc2ccc(F)c(F)c2F)c1. The summed E-state index contributed by atoms with van der Waals surface area (Å²) in [5, 5.41) is 4.77. The molecule has 0 atom stereocenters. The monoisotopic (exact) mass is 364 g/mol. The minimum atomic E-state index is -1.69. The summed E-state index contributed by atoms with van der Waals surface area (Å²) in [6.07, 6.45) is 0. The Morgan fingerprint density at radius 1 is 1.00 bits per heavy atom. The molecule has 2 N–H and O–H groups in total. The number of aryl methyl sites for hydroxylation is 1. The van der Waals surface area contributed by atoms with Crippen LogP contribution in [0.15, 0.2) is 36.4 Å². The summed E-state index contributed by atoms with van der Waals surface area (Å²) in [5.41, 5.74) is -0.196. The lowest BCUT2D eigenvalue weighted by Crippen LogP contribution is -2.45. The molecule has 0 radical (unpaired) electrons. The molecule has 2 aromatic carbocycles. The van der Waals surface area contributed by atoms with Gasteiger partial charge in [-0.25, -0.2) is 13.2 Å². The van der Waals surface area contributed by atoms with Crippen molar-refractivity contribution in [1.82, 2.24) is 5.32 Å². The van der Waals surface area contributed by atoms with E-state index in [1.165, 1.54) is 13.8 Å². The molecule has 26 heavy (non-hydrogen) atoms. The molecule has 0 aromatic heterocycles. The average molecular weight is 364 g/mol. The van der Waals surface area contributed by atoms with E-state index >= 15 is 0 Å². The molecule has 2 rings (SSSR count). The fraction of sp³-hybridized carbons (Fsp3) is 0.263. The molecule has 0 aliphatic carbocycles. The minimum Gasteiger partial charge on any atom is -0.351 e. The molecule has 2 aromatic rings. The van der Waals surface area contributed by atoms with Gasteiger partial charge in [-0.3, -0.25) is 9.59 Å². The van der Waals surface area contributed by atoms with Crippen molar-refractivity contribution in [3.05, 3.63) is 65.0 Å². The van der Waals surface area contributed by atoms with E-state index < -0.39 is 40.4 Å². The van der Waals surface area contributed by atoms with Gasteiger partial charge in [0, 0.05) is 6.54 Å². The van der Waals surface area contributed by atoms with E-state index in [-0.39, 0.29) is 6.54 Å². The fourth-order valence-electron chi connectivity index (χ4n) is 2.23. The maximum atomic E-state index is 13.7. The minimum absolute atomic E-state index is 0.219. The molecule has 138 valence electrons. The predicted octanol–water partition coefficient (Wildman–Crippen LogP) is 3.69. The van der Waals surface area contributed by atoms with E-state index in [1.807, 2.05) is 31.2 Å². The van der Waals surface area contributed by atoms with Crippen molar-refractivity contribution in [3.8, 4) is 0 Å². The first-order valence-electron chi connectivity index (χ1n) is 7.91. The topological polar surface area (TPSA) is 58.2 Å². The van der Waals surface area contributed by atoms with Crippen LogP contribution >= 0.6 is 0 Å². The lowest BCUT2D eigenvalue weighted by molar-refractivity contribution is -0.138. The Bertz CT molecular complexity index is 851. The second kappa shape index (κ2) is 7.59. The Balaban J connectivity index is 2.07. The van der Waals surface area contributed by atoms with Crippen molar-refractivity contribution in [2.45, 2.75) is 27.3 Å². The summed E-state index contributed by atoms with van der Waals surface area (Å²) in [6, 6.07) is 9.08. The summed E-state index contributed by atoms with van der Waals surface area (Å²) < 4.78 is 39.9. The average Bonchev–Trinajstić information content (AvgIpc) is 2.60. The van der Waals surface area contributed by atoms with Crippen molar-refractivity contribution in [2.75, 3.05) is 5.32 Å². The number of hydrogen-bond acceptors (Lipinski definition) is 2. The van der Waals surface area contributed by atoms with Crippen LogP contribution in [0, 0.1) is 29.8 Å². The molecule has 4 nitrogen and oxygen atoms in total. The third-order valence-electron chi connectivity index (χ3n) is 3.95. The van der Waals surface area contributed by atoms with Gasteiger partial charge in [-0.2, -0.15) is 0 Å². The smallest absolute Gasteiger partial charge is 0.239 e. The molecule has 0 spiro atoms. The van der Waals surface area contributed by atoms with Gasteiger partial charge < -0.3 is 10.6 Å². The quantitative estimate of drug-likeness (QED) is 0.628. The molecule has 0 saturated carbocycles. The molecule has 0 fully saturated rings. The molecule has 7 heteroatoms. The highest BCUT2D eigenvalue weighted by atomic mass is 19.2. The van der Waals surface area contributed by atoms with Crippen molar-refractivity contribution in [3.63, 3.8) is 0 Å². The molecule has 0 aliphatic heterocycles. The van der Waals surface area contributed by atoms with Crippen LogP contribution in [0.25, 0.3) is 0 Å². The van der Waals surface area contributed by atoms with Crippen LogP contribution in [0.4, 0.5) is 18.9 Å². The van der Waals surface area contributed by atoms with E-state index in [0.29, 0.717) is 6.07 Å². The summed E-state index contributed by atoms with van der Waals surface area (Å²) in [5.74, 6) is -6.00. The molecule has 0 heterocycles. The predicted molar refractivity (Wildman–Crippen MR) is 91.8 cm³/mol. The van der Waals surface area contributed by atoms with Crippen LogP contribution in [0.3, 0.4) is 0 Å². The second-order valence-electron chi connectivity index (χ2n) is 6.47. The Morgan fingerprint density at radius 2 is 1.69 bits per heavy atom. The number of hydrogen-bond donors (Lipinski definition) is 2. The molecule has 2 amide bonds. The summed E-state index contributed by atoms with van der Waals surface area (Å²) in [4.78, 5) is 24.7. The first-order chi connectivity index (χ1) is 12.1. The van der Waals surface area contributed by atoms with Crippen LogP contribution < -0.4 is 10.6 Å². The number of benzene rings is 2. The third kappa shape index (κ3) is 4.22. The number of rotatable bonds is 5. The Hall–Kier alpha value is -2.83. The maximum Gasteiger partial charge on any atom is 0.239 e. The van der Waals surface area contributed by atoms with Gasteiger partial charge in [0.1, 0.15) is 5.41 Å². The molecular weight excluding hydrogens is 345 g/mol. The van der Waals surface area contributed by atoms with E-state index in [4.69, 9.17) is 0 Å². The highest BCUT2D eigenvalue weighted by Crippen LogP contribution is 2.23. The molecule has 0 bridgehead atoms.